The van der Waals surface area contributed by atoms with E-state index in [0.29, 0.717) is 44.0 Å². The zero-order valence-corrected chi connectivity index (χ0v) is 23.9. The highest BCUT2D eigenvalue weighted by Crippen LogP contribution is 2.30. The molecule has 0 atom stereocenters. The first-order valence-corrected chi connectivity index (χ1v) is 13.8. The number of hydrogen-bond donors (Lipinski definition) is 0. The average Bonchev–Trinajstić information content (AvgIpc) is 3.42. The van der Waals surface area contributed by atoms with Gasteiger partial charge in [-0.1, -0.05) is 6.07 Å². The van der Waals surface area contributed by atoms with Crippen LogP contribution in [-0.4, -0.2) is 67.5 Å². The maximum absolute atomic E-state index is 12.4. The fourth-order valence-corrected chi connectivity index (χ4v) is 4.82. The van der Waals surface area contributed by atoms with Crippen molar-refractivity contribution in [3.05, 3.63) is 78.1 Å². The fraction of sp³-hybridized carbons (Fsp3) is 0.355. The minimum Gasteiger partial charge on any atom is -0.444 e. The highest BCUT2D eigenvalue weighted by atomic mass is 16.6. The van der Waals surface area contributed by atoms with Crippen LogP contribution in [0.1, 0.15) is 44.6 Å². The molecule has 0 spiro atoms. The summed E-state index contributed by atoms with van der Waals surface area (Å²) in [5.74, 6) is 0.659. The molecule has 1 aromatic carbocycles. The van der Waals surface area contributed by atoms with Crippen LogP contribution in [-0.2, 0) is 17.7 Å². The molecule has 0 bridgehead atoms. The molecule has 0 saturated carbocycles. The van der Waals surface area contributed by atoms with E-state index < -0.39 is 5.60 Å². The highest BCUT2D eigenvalue weighted by molar-refractivity contribution is 5.78. The van der Waals surface area contributed by atoms with Gasteiger partial charge in [0.15, 0.2) is 0 Å². The molecule has 3 aromatic heterocycles. The topological polar surface area (TPSA) is 113 Å². The highest BCUT2D eigenvalue weighted by Gasteiger charge is 2.27. The van der Waals surface area contributed by atoms with Gasteiger partial charge in [0.1, 0.15) is 23.2 Å². The lowest BCUT2D eigenvalue weighted by atomic mass is 10.0. The number of nitrogens with zero attached hydrogens (tertiary/aromatic N) is 8. The first-order valence-electron chi connectivity index (χ1n) is 13.8. The lowest BCUT2D eigenvalue weighted by Crippen LogP contribution is -2.50. The fourth-order valence-electron chi connectivity index (χ4n) is 4.82. The van der Waals surface area contributed by atoms with Crippen LogP contribution in [0.4, 0.5) is 10.5 Å². The van der Waals surface area contributed by atoms with Crippen LogP contribution in [0.3, 0.4) is 0 Å². The molecule has 1 fully saturated rings. The number of anilines is 1. The maximum atomic E-state index is 12.4. The van der Waals surface area contributed by atoms with Gasteiger partial charge in [0.2, 0.25) is 0 Å². The van der Waals surface area contributed by atoms with Gasteiger partial charge in [0, 0.05) is 75.1 Å². The van der Waals surface area contributed by atoms with E-state index in [9.17, 15) is 10.1 Å². The summed E-state index contributed by atoms with van der Waals surface area (Å²) in [4.78, 5) is 29.9. The van der Waals surface area contributed by atoms with Crippen molar-refractivity contribution in [1.29, 1.82) is 5.26 Å². The molecule has 1 aliphatic heterocycles. The zero-order valence-electron chi connectivity index (χ0n) is 23.9. The number of aromatic nitrogens is 5. The molecule has 0 radical (unpaired) electrons. The summed E-state index contributed by atoms with van der Waals surface area (Å²) in [6.07, 6.45) is 7.49. The standard InChI is InChI=1S/C31H34N8O2/c1-5-39-21-25(29(36-39)23-7-6-11-33-20-23)26-10-12-34-28(35-26)18-22-8-9-27(24(17-22)19-32)37-13-15-38(16-14-37)30(40)41-31(2,3)4/h6-12,17,20-21H,5,13-16,18H2,1-4H3. The third-order valence-electron chi connectivity index (χ3n) is 6.82. The molecule has 4 aromatic rings. The molecule has 210 valence electrons. The van der Waals surface area contributed by atoms with Crippen molar-refractivity contribution in [3.8, 4) is 28.6 Å². The second kappa shape index (κ2) is 11.8. The SMILES string of the molecule is CCn1cc(-c2ccnc(Cc3ccc(N4CCN(C(=O)OC(C)(C)C)CC4)c(C#N)c3)n2)c(-c2cccnc2)n1. The van der Waals surface area contributed by atoms with Crippen LogP contribution in [0.5, 0.6) is 0 Å². The molecule has 0 N–H and O–H groups in total. The van der Waals surface area contributed by atoms with E-state index in [1.165, 1.54) is 0 Å². The number of rotatable bonds is 6. The van der Waals surface area contributed by atoms with Crippen LogP contribution >= 0.6 is 0 Å². The van der Waals surface area contributed by atoms with Crippen LogP contribution in [0.2, 0.25) is 0 Å². The number of pyridine rings is 1. The lowest BCUT2D eigenvalue weighted by molar-refractivity contribution is 0.0240. The predicted molar refractivity (Wildman–Crippen MR) is 156 cm³/mol. The number of amides is 1. The molecule has 1 saturated heterocycles. The number of ether oxygens (including phenoxy) is 1. The molecule has 4 heterocycles. The molecule has 1 aliphatic rings. The Hall–Kier alpha value is -4.78. The quantitative estimate of drug-likeness (QED) is 0.332. The Labute approximate surface area is 240 Å². The smallest absolute Gasteiger partial charge is 0.410 e. The van der Waals surface area contributed by atoms with E-state index in [1.807, 2.05) is 75.0 Å². The van der Waals surface area contributed by atoms with E-state index in [-0.39, 0.29) is 6.09 Å². The van der Waals surface area contributed by atoms with Crippen molar-refractivity contribution in [2.24, 2.45) is 0 Å². The molecule has 1 amide bonds. The Morgan fingerprint density at radius 1 is 1.10 bits per heavy atom. The van der Waals surface area contributed by atoms with Gasteiger partial charge in [-0.2, -0.15) is 10.4 Å². The predicted octanol–water partition coefficient (Wildman–Crippen LogP) is 4.94. The Morgan fingerprint density at radius 3 is 2.59 bits per heavy atom. The summed E-state index contributed by atoms with van der Waals surface area (Å²) in [7, 11) is 0. The van der Waals surface area contributed by atoms with Crippen molar-refractivity contribution in [3.63, 3.8) is 0 Å². The van der Waals surface area contributed by atoms with Crippen LogP contribution in [0.15, 0.2) is 61.2 Å². The largest absolute Gasteiger partial charge is 0.444 e. The average molecular weight is 551 g/mol. The number of hydrogen-bond acceptors (Lipinski definition) is 8. The first-order chi connectivity index (χ1) is 19.7. The van der Waals surface area contributed by atoms with Crippen LogP contribution in [0.25, 0.3) is 22.5 Å². The van der Waals surface area contributed by atoms with Crippen molar-refractivity contribution < 1.29 is 9.53 Å². The van der Waals surface area contributed by atoms with E-state index in [0.717, 1.165) is 40.3 Å². The zero-order chi connectivity index (χ0) is 29.0. The molecule has 0 unspecified atom stereocenters. The number of carbonyl (C=O) groups is 1. The summed E-state index contributed by atoms with van der Waals surface area (Å²) in [6.45, 7) is 10.7. The Kier molecular flexibility index (Phi) is 7.97. The van der Waals surface area contributed by atoms with Crippen molar-refractivity contribution in [1.82, 2.24) is 29.6 Å². The van der Waals surface area contributed by atoms with Gasteiger partial charge in [0.05, 0.1) is 16.9 Å². The number of carbonyl (C=O) groups excluding carboxylic acids is 1. The van der Waals surface area contributed by atoms with Gasteiger partial charge < -0.3 is 14.5 Å². The van der Waals surface area contributed by atoms with E-state index in [4.69, 9.17) is 14.8 Å². The second-order valence-electron chi connectivity index (χ2n) is 10.9. The van der Waals surface area contributed by atoms with E-state index >= 15 is 0 Å². The molecule has 0 aliphatic carbocycles. The number of benzene rings is 1. The summed E-state index contributed by atoms with van der Waals surface area (Å²) >= 11 is 0. The minimum absolute atomic E-state index is 0.301. The molecule has 10 heteroatoms. The third kappa shape index (κ3) is 6.52. The number of aryl methyl sites for hydroxylation is 1. The summed E-state index contributed by atoms with van der Waals surface area (Å²) in [6, 6.07) is 14.0. The first kappa shape index (κ1) is 27.8. The van der Waals surface area contributed by atoms with Gasteiger partial charge in [-0.05, 0) is 63.6 Å². The van der Waals surface area contributed by atoms with Crippen LogP contribution in [0, 0.1) is 11.3 Å². The minimum atomic E-state index is -0.527. The maximum Gasteiger partial charge on any atom is 0.410 e. The molecule has 10 nitrogen and oxygen atoms in total. The van der Waals surface area contributed by atoms with E-state index in [2.05, 4.69) is 20.9 Å². The molecule has 41 heavy (non-hydrogen) atoms. The van der Waals surface area contributed by atoms with Gasteiger partial charge >= 0.3 is 6.09 Å². The Bertz CT molecular complexity index is 1560. The molecular weight excluding hydrogens is 516 g/mol. The second-order valence-corrected chi connectivity index (χ2v) is 10.9. The van der Waals surface area contributed by atoms with Gasteiger partial charge in [-0.3, -0.25) is 9.67 Å². The lowest BCUT2D eigenvalue weighted by Gasteiger charge is -2.37. The van der Waals surface area contributed by atoms with Gasteiger partial charge in [-0.15, -0.1) is 0 Å². The van der Waals surface area contributed by atoms with E-state index in [1.54, 1.807) is 23.5 Å². The summed E-state index contributed by atoms with van der Waals surface area (Å²) < 4.78 is 7.40. The van der Waals surface area contributed by atoms with Gasteiger partial charge in [0.25, 0.3) is 0 Å². The monoisotopic (exact) mass is 550 g/mol. The van der Waals surface area contributed by atoms with Crippen molar-refractivity contribution in [2.45, 2.75) is 46.3 Å². The van der Waals surface area contributed by atoms with Crippen molar-refractivity contribution in [2.75, 3.05) is 31.1 Å². The summed E-state index contributed by atoms with van der Waals surface area (Å²) in [5, 5.41) is 14.7. The third-order valence-corrected chi connectivity index (χ3v) is 6.82. The van der Waals surface area contributed by atoms with Crippen molar-refractivity contribution >= 4 is 11.8 Å². The van der Waals surface area contributed by atoms with Crippen LogP contribution < -0.4 is 4.90 Å². The number of nitriles is 1. The van der Waals surface area contributed by atoms with Gasteiger partial charge in [-0.25, -0.2) is 14.8 Å². The molecule has 5 rings (SSSR count). The molecular formula is C31H34N8O2. The summed E-state index contributed by atoms with van der Waals surface area (Å²) in [5.41, 5.74) is 5.33. The normalized spacial score (nSPS) is 13.6. The number of piperazine rings is 1. The Morgan fingerprint density at radius 2 is 1.90 bits per heavy atom. The Balaban J connectivity index is 1.32.